The maximum absolute atomic E-state index is 14.0. The van der Waals surface area contributed by atoms with Gasteiger partial charge in [-0.2, -0.15) is 13.2 Å². The molecule has 12 heteroatoms. The van der Waals surface area contributed by atoms with E-state index in [2.05, 4.69) is 0 Å². The van der Waals surface area contributed by atoms with Crippen LogP contribution in [-0.4, -0.2) is 66.9 Å². The maximum Gasteiger partial charge on any atom is 0.416 e. The molecule has 2 aromatic rings. The van der Waals surface area contributed by atoms with Crippen molar-refractivity contribution in [3.8, 4) is 0 Å². The lowest BCUT2D eigenvalue weighted by molar-refractivity contribution is -0.139. The molecular formula is C29H32F3N3O5S. The molecule has 5 rings (SSSR count). The Labute approximate surface area is 236 Å². The van der Waals surface area contributed by atoms with Crippen LogP contribution in [-0.2, 0) is 25.6 Å². The summed E-state index contributed by atoms with van der Waals surface area (Å²) in [6.45, 7) is 0.717. The van der Waals surface area contributed by atoms with Crippen LogP contribution >= 0.6 is 0 Å². The molecule has 2 N–H and O–H groups in total. The lowest BCUT2D eigenvalue weighted by Crippen LogP contribution is -2.51. The molecule has 0 bridgehead atoms. The fourth-order valence-electron chi connectivity index (χ4n) is 6.86. The molecule has 2 aliphatic heterocycles. The van der Waals surface area contributed by atoms with Crippen LogP contribution in [0.4, 0.5) is 13.2 Å². The molecule has 3 fully saturated rings. The Kier molecular flexibility index (Phi) is 7.88. The Balaban J connectivity index is 1.47. The smallest absolute Gasteiger partial charge is 0.366 e. The van der Waals surface area contributed by atoms with E-state index in [1.54, 1.807) is 23.1 Å². The summed E-state index contributed by atoms with van der Waals surface area (Å²) in [5, 5.41) is 0. The van der Waals surface area contributed by atoms with Crippen molar-refractivity contribution in [3.05, 3.63) is 65.2 Å². The number of sulfone groups is 1. The summed E-state index contributed by atoms with van der Waals surface area (Å²) in [7, 11) is -3.76. The molecular weight excluding hydrogens is 559 g/mol. The van der Waals surface area contributed by atoms with Gasteiger partial charge in [0.15, 0.2) is 9.84 Å². The lowest BCUT2D eigenvalue weighted by Gasteiger charge is -2.43. The fourth-order valence-corrected chi connectivity index (χ4v) is 8.54. The van der Waals surface area contributed by atoms with Crippen molar-refractivity contribution < 1.29 is 36.0 Å². The van der Waals surface area contributed by atoms with E-state index in [1.165, 1.54) is 23.1 Å². The zero-order valence-corrected chi connectivity index (χ0v) is 23.2. The zero-order valence-electron chi connectivity index (χ0n) is 22.3. The molecule has 2 heterocycles. The predicted octanol–water partition coefficient (Wildman–Crippen LogP) is 3.75. The normalized spacial score (nSPS) is 25.6. The second-order valence-corrected chi connectivity index (χ2v) is 13.1. The number of rotatable bonds is 7. The number of halogens is 3. The second-order valence-electron chi connectivity index (χ2n) is 11.1. The molecule has 220 valence electrons. The fraction of sp³-hybridized carbons (Fsp3) is 0.483. The molecule has 2 aromatic carbocycles. The lowest BCUT2D eigenvalue weighted by atomic mass is 9.81. The van der Waals surface area contributed by atoms with Crippen molar-refractivity contribution >= 4 is 27.6 Å². The Morgan fingerprint density at radius 2 is 1.68 bits per heavy atom. The van der Waals surface area contributed by atoms with E-state index in [0.29, 0.717) is 32.2 Å². The molecule has 0 spiro atoms. The molecule has 3 amide bonds. The summed E-state index contributed by atoms with van der Waals surface area (Å²) >= 11 is 0. The van der Waals surface area contributed by atoms with E-state index in [0.717, 1.165) is 18.6 Å². The van der Waals surface area contributed by atoms with Gasteiger partial charge in [-0.25, -0.2) is 8.42 Å². The third-order valence-electron chi connectivity index (χ3n) is 8.67. The van der Waals surface area contributed by atoms with Gasteiger partial charge >= 0.3 is 6.18 Å². The van der Waals surface area contributed by atoms with Crippen molar-refractivity contribution in [2.45, 2.75) is 67.6 Å². The first kappa shape index (κ1) is 29.1. The largest absolute Gasteiger partial charge is 0.416 e. The topological polar surface area (TPSA) is 118 Å². The Morgan fingerprint density at radius 3 is 2.32 bits per heavy atom. The standard InChI is InChI=1S/C29H32F3N3O5S/c30-29(31,32)23-9-4-8-21(27(33)37)26(23)22-13-15-35(28(22)38)24-12-11-19(34-14-5-10-25(34)36)16-18(24)17-41(39,40)20-6-2-1-3-7-20/h1-4,6-9,18-19,22,24H,5,10-17H2,(H2,33,37)/t18-,19+,22-,24-/m0/s1. The second kappa shape index (κ2) is 11.1. The molecule has 0 unspecified atom stereocenters. The minimum atomic E-state index is -4.80. The monoisotopic (exact) mass is 591 g/mol. The molecule has 3 aliphatic rings. The predicted molar refractivity (Wildman–Crippen MR) is 143 cm³/mol. The van der Waals surface area contributed by atoms with Crippen molar-refractivity contribution in [1.29, 1.82) is 0 Å². The average molecular weight is 592 g/mol. The van der Waals surface area contributed by atoms with Crippen LogP contribution in [0.3, 0.4) is 0 Å². The van der Waals surface area contributed by atoms with Gasteiger partial charge in [-0.05, 0) is 67.9 Å². The highest BCUT2D eigenvalue weighted by Crippen LogP contribution is 2.43. The molecule has 2 saturated heterocycles. The van der Waals surface area contributed by atoms with Gasteiger partial charge < -0.3 is 15.5 Å². The summed E-state index contributed by atoms with van der Waals surface area (Å²) in [4.78, 5) is 41.9. The molecule has 8 nitrogen and oxygen atoms in total. The number of carbonyl (C=O) groups is 3. The van der Waals surface area contributed by atoms with Crippen molar-refractivity contribution in [1.82, 2.24) is 9.80 Å². The van der Waals surface area contributed by atoms with Gasteiger partial charge in [0.2, 0.25) is 17.7 Å². The van der Waals surface area contributed by atoms with Crippen molar-refractivity contribution in [3.63, 3.8) is 0 Å². The minimum absolute atomic E-state index is 0.0261. The summed E-state index contributed by atoms with van der Waals surface area (Å²) < 4.78 is 68.8. The quantitative estimate of drug-likeness (QED) is 0.526. The number of carbonyl (C=O) groups excluding carboxylic acids is 3. The number of hydrogen-bond donors (Lipinski definition) is 1. The van der Waals surface area contributed by atoms with Crippen LogP contribution in [0.1, 0.15) is 65.9 Å². The Morgan fingerprint density at radius 1 is 0.951 bits per heavy atom. The molecule has 0 radical (unpaired) electrons. The number of alkyl halides is 3. The highest BCUT2D eigenvalue weighted by Gasteiger charge is 2.48. The van der Waals surface area contributed by atoms with Crippen LogP contribution in [0.15, 0.2) is 53.4 Å². The third kappa shape index (κ3) is 5.71. The van der Waals surface area contributed by atoms with Gasteiger partial charge in [0, 0.05) is 37.2 Å². The number of benzene rings is 2. The van der Waals surface area contributed by atoms with Crippen molar-refractivity contribution in [2.24, 2.45) is 11.7 Å². The number of nitrogens with zero attached hydrogens (tertiary/aromatic N) is 2. The van der Waals surface area contributed by atoms with Gasteiger partial charge in [0.25, 0.3) is 0 Å². The summed E-state index contributed by atoms with van der Waals surface area (Å²) in [5.41, 5.74) is 3.57. The van der Waals surface area contributed by atoms with Crippen molar-refractivity contribution in [2.75, 3.05) is 18.8 Å². The third-order valence-corrected chi connectivity index (χ3v) is 10.5. The van der Waals surface area contributed by atoms with Crippen LogP contribution in [0.25, 0.3) is 0 Å². The number of primary amides is 1. The average Bonchev–Trinajstić information content (AvgIpc) is 3.53. The first-order valence-corrected chi connectivity index (χ1v) is 15.4. The number of nitrogens with two attached hydrogens (primary N) is 1. The van der Waals surface area contributed by atoms with Gasteiger partial charge in [0.1, 0.15) is 0 Å². The maximum atomic E-state index is 14.0. The van der Waals surface area contributed by atoms with E-state index in [-0.39, 0.29) is 41.1 Å². The first-order valence-electron chi connectivity index (χ1n) is 13.8. The van der Waals surface area contributed by atoms with Gasteiger partial charge in [0.05, 0.1) is 22.1 Å². The highest BCUT2D eigenvalue weighted by atomic mass is 32.2. The van der Waals surface area contributed by atoms with E-state index in [1.807, 2.05) is 0 Å². The van der Waals surface area contributed by atoms with Crippen LogP contribution in [0.2, 0.25) is 0 Å². The summed E-state index contributed by atoms with van der Waals surface area (Å²) in [6.07, 6.45) is -2.26. The van der Waals surface area contributed by atoms with Crippen LogP contribution < -0.4 is 5.73 Å². The van der Waals surface area contributed by atoms with Gasteiger partial charge in [-0.15, -0.1) is 0 Å². The van der Waals surface area contributed by atoms with E-state index in [4.69, 9.17) is 5.73 Å². The Bertz CT molecular complexity index is 1450. The minimum Gasteiger partial charge on any atom is -0.366 e. The van der Waals surface area contributed by atoms with Crippen LogP contribution in [0.5, 0.6) is 0 Å². The molecule has 4 atom stereocenters. The molecule has 1 aliphatic carbocycles. The van der Waals surface area contributed by atoms with E-state index < -0.39 is 56.8 Å². The molecule has 41 heavy (non-hydrogen) atoms. The number of amides is 3. The first-order chi connectivity index (χ1) is 19.4. The summed E-state index contributed by atoms with van der Waals surface area (Å²) in [6, 6.07) is 10.4. The molecule has 0 aromatic heterocycles. The van der Waals surface area contributed by atoms with Gasteiger partial charge in [-0.3, -0.25) is 14.4 Å². The zero-order chi connectivity index (χ0) is 29.5. The Hall–Kier alpha value is -3.41. The molecule has 1 saturated carbocycles. The number of hydrogen-bond acceptors (Lipinski definition) is 5. The van der Waals surface area contributed by atoms with E-state index in [9.17, 15) is 36.0 Å². The highest BCUT2D eigenvalue weighted by molar-refractivity contribution is 7.91. The van der Waals surface area contributed by atoms with Crippen LogP contribution in [0, 0.1) is 5.92 Å². The van der Waals surface area contributed by atoms with Gasteiger partial charge in [-0.1, -0.05) is 24.3 Å². The number of likely N-dealkylation sites (tertiary alicyclic amines) is 2. The van der Waals surface area contributed by atoms with E-state index >= 15 is 0 Å². The summed E-state index contributed by atoms with van der Waals surface area (Å²) in [5.74, 6) is -3.64. The SMILES string of the molecule is NC(=O)c1cccc(C(F)(F)F)c1[C@@H]1CCN([C@H]2CC[C@@H](N3CCCC3=O)C[C@H]2CS(=O)(=O)c2ccccc2)C1=O.